The molecule has 6 nitrogen and oxygen atoms in total. The zero-order chi connectivity index (χ0) is 20.5. The molecular formula is C23H21N3O3. The first-order valence-corrected chi connectivity index (χ1v) is 9.05. The highest BCUT2D eigenvalue weighted by atomic mass is 16.5. The Balaban J connectivity index is 1.51. The molecule has 0 unspecified atom stereocenters. The van der Waals surface area contributed by atoms with Crippen LogP contribution in [0, 0.1) is 0 Å². The molecule has 0 heterocycles. The second-order valence-corrected chi connectivity index (χ2v) is 6.26. The molecule has 2 N–H and O–H groups in total. The zero-order valence-electron chi connectivity index (χ0n) is 16.0. The van der Waals surface area contributed by atoms with Crippen molar-refractivity contribution in [2.45, 2.75) is 6.42 Å². The molecule has 0 spiro atoms. The smallest absolute Gasteiger partial charge is 0.271 e. The molecule has 2 amide bonds. The van der Waals surface area contributed by atoms with E-state index in [0.29, 0.717) is 17.7 Å². The van der Waals surface area contributed by atoms with Gasteiger partial charge in [-0.15, -0.1) is 0 Å². The van der Waals surface area contributed by atoms with Crippen molar-refractivity contribution in [3.8, 4) is 5.75 Å². The third kappa shape index (κ3) is 6.04. The summed E-state index contributed by atoms with van der Waals surface area (Å²) in [7, 11) is 1.60. The molecule has 0 aliphatic carbocycles. The van der Waals surface area contributed by atoms with Gasteiger partial charge in [0.1, 0.15) is 5.75 Å². The average Bonchev–Trinajstić information content (AvgIpc) is 2.75. The normalized spacial score (nSPS) is 10.5. The van der Waals surface area contributed by atoms with E-state index in [2.05, 4.69) is 15.8 Å². The van der Waals surface area contributed by atoms with Crippen LogP contribution >= 0.6 is 0 Å². The van der Waals surface area contributed by atoms with Gasteiger partial charge >= 0.3 is 0 Å². The largest absolute Gasteiger partial charge is 0.497 e. The molecule has 3 rings (SSSR count). The van der Waals surface area contributed by atoms with Crippen LogP contribution in [0.25, 0.3) is 0 Å². The van der Waals surface area contributed by atoms with Crippen LogP contribution in [0.1, 0.15) is 21.5 Å². The maximum absolute atomic E-state index is 12.2. The van der Waals surface area contributed by atoms with Crippen LogP contribution in [0.2, 0.25) is 0 Å². The zero-order valence-corrected chi connectivity index (χ0v) is 16.0. The lowest BCUT2D eigenvalue weighted by molar-refractivity contribution is -0.115. The van der Waals surface area contributed by atoms with E-state index in [-0.39, 0.29) is 11.8 Å². The molecule has 3 aromatic rings. The van der Waals surface area contributed by atoms with Crippen molar-refractivity contribution in [2.75, 3.05) is 12.4 Å². The second kappa shape index (κ2) is 9.85. The van der Waals surface area contributed by atoms with E-state index < -0.39 is 0 Å². The van der Waals surface area contributed by atoms with Crippen molar-refractivity contribution in [3.05, 3.63) is 95.6 Å². The monoisotopic (exact) mass is 387 g/mol. The quantitative estimate of drug-likeness (QED) is 0.480. The summed E-state index contributed by atoms with van der Waals surface area (Å²) in [4.78, 5) is 24.3. The van der Waals surface area contributed by atoms with Gasteiger partial charge in [0.05, 0.1) is 19.7 Å². The first-order valence-electron chi connectivity index (χ1n) is 9.05. The number of hydrazone groups is 1. The molecule has 0 bridgehead atoms. The van der Waals surface area contributed by atoms with Gasteiger partial charge < -0.3 is 10.1 Å². The molecule has 0 aliphatic rings. The summed E-state index contributed by atoms with van der Waals surface area (Å²) in [6.07, 6.45) is 1.85. The number of methoxy groups -OCH3 is 1. The number of carbonyl (C=O) groups excluding carboxylic acids is 2. The van der Waals surface area contributed by atoms with Crippen LogP contribution in [-0.2, 0) is 11.2 Å². The van der Waals surface area contributed by atoms with E-state index in [0.717, 1.165) is 16.9 Å². The van der Waals surface area contributed by atoms with Gasteiger partial charge in [0.15, 0.2) is 0 Å². The summed E-state index contributed by atoms with van der Waals surface area (Å²) in [5, 5.41) is 6.78. The molecule has 29 heavy (non-hydrogen) atoms. The topological polar surface area (TPSA) is 79.8 Å². The van der Waals surface area contributed by atoms with E-state index in [1.807, 2.05) is 54.6 Å². The molecule has 0 atom stereocenters. The number of amides is 2. The highest BCUT2D eigenvalue weighted by Gasteiger charge is 2.07. The Bertz CT molecular complexity index is 982. The van der Waals surface area contributed by atoms with E-state index in [1.165, 1.54) is 0 Å². The molecule has 0 radical (unpaired) electrons. The first-order chi connectivity index (χ1) is 14.1. The fourth-order valence-corrected chi connectivity index (χ4v) is 2.61. The third-order valence-electron chi connectivity index (χ3n) is 4.13. The lowest BCUT2D eigenvalue weighted by atomic mass is 10.1. The van der Waals surface area contributed by atoms with Crippen LogP contribution in [0.5, 0.6) is 5.75 Å². The summed E-state index contributed by atoms with van der Waals surface area (Å²) >= 11 is 0. The molecule has 0 aliphatic heterocycles. The Morgan fingerprint density at radius 1 is 0.931 bits per heavy atom. The fraction of sp³-hybridized carbons (Fsp3) is 0.0870. The highest BCUT2D eigenvalue weighted by molar-refractivity contribution is 5.96. The van der Waals surface area contributed by atoms with Gasteiger partial charge in [0, 0.05) is 11.3 Å². The number of nitrogens with one attached hydrogen (secondary N) is 2. The van der Waals surface area contributed by atoms with Gasteiger partial charge in [-0.2, -0.15) is 5.10 Å². The van der Waals surface area contributed by atoms with Crippen molar-refractivity contribution in [1.29, 1.82) is 0 Å². The minimum atomic E-state index is -0.336. The Morgan fingerprint density at radius 2 is 1.62 bits per heavy atom. The molecule has 0 saturated carbocycles. The Hall–Kier alpha value is -3.93. The first kappa shape index (κ1) is 19.8. The minimum Gasteiger partial charge on any atom is -0.497 e. The number of nitrogens with zero attached hydrogens (tertiary/aromatic N) is 1. The number of ether oxygens (including phenoxy) is 1. The van der Waals surface area contributed by atoms with E-state index >= 15 is 0 Å². The van der Waals surface area contributed by atoms with Crippen LogP contribution in [0.4, 0.5) is 5.69 Å². The van der Waals surface area contributed by atoms with Gasteiger partial charge in [0.2, 0.25) is 5.91 Å². The summed E-state index contributed by atoms with van der Waals surface area (Å²) in [5.74, 6) is 0.302. The number of benzene rings is 3. The molecule has 0 aromatic heterocycles. The van der Waals surface area contributed by atoms with Crippen LogP contribution < -0.4 is 15.5 Å². The Morgan fingerprint density at radius 3 is 2.28 bits per heavy atom. The number of anilines is 1. The molecule has 0 fully saturated rings. The van der Waals surface area contributed by atoms with Gasteiger partial charge in [0.25, 0.3) is 5.91 Å². The minimum absolute atomic E-state index is 0.113. The van der Waals surface area contributed by atoms with E-state index in [1.54, 1.807) is 37.6 Å². The second-order valence-electron chi connectivity index (χ2n) is 6.26. The Kier molecular flexibility index (Phi) is 6.73. The summed E-state index contributed by atoms with van der Waals surface area (Å²) in [5.41, 5.74) is 5.33. The number of hydrogen-bond donors (Lipinski definition) is 2. The number of carbonyl (C=O) groups is 2. The molecule has 146 valence electrons. The maximum atomic E-state index is 12.2. The predicted octanol–water partition coefficient (Wildman–Crippen LogP) is 3.64. The standard InChI is InChI=1S/C23H21N3O3/c1-29-21-13-7-18(8-14-21)16-24-26-23(28)19-9-11-20(12-10-19)25-22(27)15-17-5-3-2-4-6-17/h2-14,16H,15H2,1H3,(H,25,27)(H,26,28)/b24-16-. The lowest BCUT2D eigenvalue weighted by Crippen LogP contribution is -2.18. The molecule has 6 heteroatoms. The van der Waals surface area contributed by atoms with Crippen molar-refractivity contribution in [2.24, 2.45) is 5.10 Å². The van der Waals surface area contributed by atoms with E-state index in [4.69, 9.17) is 4.74 Å². The molecule has 0 saturated heterocycles. The van der Waals surface area contributed by atoms with Crippen LogP contribution in [0.15, 0.2) is 84.0 Å². The van der Waals surface area contributed by atoms with Gasteiger partial charge in [-0.05, 0) is 59.7 Å². The van der Waals surface area contributed by atoms with Crippen molar-refractivity contribution in [1.82, 2.24) is 5.43 Å². The van der Waals surface area contributed by atoms with Crippen molar-refractivity contribution < 1.29 is 14.3 Å². The molecular weight excluding hydrogens is 366 g/mol. The maximum Gasteiger partial charge on any atom is 0.271 e. The lowest BCUT2D eigenvalue weighted by Gasteiger charge is -2.06. The van der Waals surface area contributed by atoms with Crippen LogP contribution in [0.3, 0.4) is 0 Å². The van der Waals surface area contributed by atoms with Crippen molar-refractivity contribution >= 4 is 23.7 Å². The Labute approximate surface area is 169 Å². The van der Waals surface area contributed by atoms with Gasteiger partial charge in [-0.3, -0.25) is 9.59 Å². The third-order valence-corrected chi connectivity index (χ3v) is 4.13. The summed E-state index contributed by atoms with van der Waals surface area (Å²) < 4.78 is 5.09. The summed E-state index contributed by atoms with van der Waals surface area (Å²) in [6, 6.07) is 23.4. The average molecular weight is 387 g/mol. The van der Waals surface area contributed by atoms with E-state index in [9.17, 15) is 9.59 Å². The van der Waals surface area contributed by atoms with Crippen molar-refractivity contribution in [3.63, 3.8) is 0 Å². The summed E-state index contributed by atoms with van der Waals surface area (Å²) in [6.45, 7) is 0. The fourth-order valence-electron chi connectivity index (χ4n) is 2.61. The predicted molar refractivity (Wildman–Crippen MR) is 113 cm³/mol. The SMILES string of the molecule is COc1ccc(/C=N\NC(=O)c2ccc(NC(=O)Cc3ccccc3)cc2)cc1. The number of hydrogen-bond acceptors (Lipinski definition) is 4. The van der Waals surface area contributed by atoms with Crippen LogP contribution in [-0.4, -0.2) is 25.1 Å². The number of rotatable bonds is 7. The molecule has 3 aromatic carbocycles. The van der Waals surface area contributed by atoms with Gasteiger partial charge in [-0.25, -0.2) is 5.43 Å². The highest BCUT2D eigenvalue weighted by Crippen LogP contribution is 2.11. The van der Waals surface area contributed by atoms with Gasteiger partial charge in [-0.1, -0.05) is 30.3 Å².